The van der Waals surface area contributed by atoms with E-state index >= 15 is 0 Å². The largest absolute Gasteiger partial charge is 0.243 e. The summed E-state index contributed by atoms with van der Waals surface area (Å²) in [5.74, 6) is -0.695. The van der Waals surface area contributed by atoms with Gasteiger partial charge in [0, 0.05) is 5.54 Å². The van der Waals surface area contributed by atoms with E-state index in [0.29, 0.717) is 5.56 Å². The predicted molar refractivity (Wildman–Crippen MR) is 61.2 cm³/mol. The van der Waals surface area contributed by atoms with E-state index < -0.39 is 21.4 Å². The zero-order chi connectivity index (χ0) is 12.6. The van der Waals surface area contributed by atoms with Crippen LogP contribution in [-0.2, 0) is 10.0 Å². The Kier molecular flexibility index (Phi) is 3.40. The molecule has 0 fully saturated rings. The van der Waals surface area contributed by atoms with Gasteiger partial charge >= 0.3 is 0 Å². The average Bonchev–Trinajstić information content (AvgIpc) is 2.05. The van der Waals surface area contributed by atoms with E-state index in [-0.39, 0.29) is 4.90 Å². The van der Waals surface area contributed by atoms with E-state index in [9.17, 15) is 12.8 Å². The molecule has 1 aromatic rings. The average molecular weight is 245 g/mol. The molecule has 0 radical (unpaired) electrons. The maximum atomic E-state index is 13.7. The second-order valence-electron chi connectivity index (χ2n) is 4.74. The first-order chi connectivity index (χ1) is 7.13. The van der Waals surface area contributed by atoms with Crippen molar-refractivity contribution in [1.29, 1.82) is 0 Å². The van der Waals surface area contributed by atoms with Gasteiger partial charge in [0.1, 0.15) is 10.7 Å². The Morgan fingerprint density at radius 2 is 1.81 bits per heavy atom. The molecule has 0 unspecified atom stereocenters. The van der Waals surface area contributed by atoms with Crippen molar-refractivity contribution in [2.75, 3.05) is 0 Å². The summed E-state index contributed by atoms with van der Waals surface area (Å²) in [4.78, 5) is -0.303. The highest BCUT2D eigenvalue weighted by molar-refractivity contribution is 7.89. The predicted octanol–water partition coefficient (Wildman–Crippen LogP) is 2.21. The van der Waals surface area contributed by atoms with Crippen molar-refractivity contribution in [3.63, 3.8) is 0 Å². The van der Waals surface area contributed by atoms with Gasteiger partial charge in [-0.15, -0.1) is 0 Å². The van der Waals surface area contributed by atoms with E-state index in [4.69, 9.17) is 0 Å². The van der Waals surface area contributed by atoms with Gasteiger partial charge < -0.3 is 0 Å². The molecule has 5 heteroatoms. The molecule has 0 aliphatic rings. The zero-order valence-corrected chi connectivity index (χ0v) is 10.7. The molecule has 0 aliphatic carbocycles. The van der Waals surface area contributed by atoms with Crippen LogP contribution < -0.4 is 4.72 Å². The lowest BCUT2D eigenvalue weighted by molar-refractivity contribution is 0.485. The fourth-order valence-corrected chi connectivity index (χ4v) is 2.86. The van der Waals surface area contributed by atoms with Crippen LogP contribution >= 0.6 is 0 Å². The Morgan fingerprint density at radius 3 is 2.31 bits per heavy atom. The van der Waals surface area contributed by atoms with Crippen molar-refractivity contribution < 1.29 is 12.8 Å². The smallest absolute Gasteiger partial charge is 0.207 e. The van der Waals surface area contributed by atoms with Gasteiger partial charge in [0.05, 0.1) is 0 Å². The third-order valence-corrected chi connectivity index (χ3v) is 3.66. The Balaban J connectivity index is 3.24. The molecule has 1 aromatic carbocycles. The summed E-state index contributed by atoms with van der Waals surface area (Å²) in [6.45, 7) is 6.65. The summed E-state index contributed by atoms with van der Waals surface area (Å²) < 4.78 is 39.8. The number of hydrogen-bond acceptors (Lipinski definition) is 2. The number of sulfonamides is 1. The minimum Gasteiger partial charge on any atom is -0.207 e. The quantitative estimate of drug-likeness (QED) is 0.868. The van der Waals surface area contributed by atoms with Crippen LogP contribution in [0.3, 0.4) is 0 Å². The Bertz CT molecular complexity index is 489. The van der Waals surface area contributed by atoms with Crippen molar-refractivity contribution in [1.82, 2.24) is 4.72 Å². The van der Waals surface area contributed by atoms with Gasteiger partial charge in [-0.25, -0.2) is 17.5 Å². The summed E-state index contributed by atoms with van der Waals surface area (Å²) >= 11 is 0. The highest BCUT2D eigenvalue weighted by Crippen LogP contribution is 2.18. The summed E-state index contributed by atoms with van der Waals surface area (Å²) in [6, 6.07) is 4.32. The van der Waals surface area contributed by atoms with Gasteiger partial charge in [-0.1, -0.05) is 12.1 Å². The van der Waals surface area contributed by atoms with Crippen LogP contribution in [0.15, 0.2) is 23.1 Å². The van der Waals surface area contributed by atoms with Gasteiger partial charge in [0.15, 0.2) is 0 Å². The van der Waals surface area contributed by atoms with Gasteiger partial charge in [-0.3, -0.25) is 0 Å². The van der Waals surface area contributed by atoms with Crippen molar-refractivity contribution >= 4 is 10.0 Å². The molecule has 0 atom stereocenters. The summed E-state index contributed by atoms with van der Waals surface area (Å²) in [5.41, 5.74) is -0.313. The SMILES string of the molecule is Cc1cccc(S(=O)(=O)NC(C)(C)C)c1F. The minimum atomic E-state index is -3.80. The molecular formula is C11H16FNO2S. The van der Waals surface area contributed by atoms with E-state index in [2.05, 4.69) is 4.72 Å². The molecule has 0 amide bonds. The van der Waals surface area contributed by atoms with Crippen LogP contribution in [0, 0.1) is 12.7 Å². The van der Waals surface area contributed by atoms with Crippen LogP contribution in [0.4, 0.5) is 4.39 Å². The maximum Gasteiger partial charge on any atom is 0.243 e. The number of aryl methyl sites for hydroxylation is 1. The number of hydrogen-bond donors (Lipinski definition) is 1. The van der Waals surface area contributed by atoms with Crippen molar-refractivity contribution in [3.05, 3.63) is 29.6 Å². The molecular weight excluding hydrogens is 229 g/mol. The fourth-order valence-electron chi connectivity index (χ4n) is 1.29. The number of benzene rings is 1. The molecule has 0 bridgehead atoms. The monoisotopic (exact) mass is 245 g/mol. The van der Waals surface area contributed by atoms with Gasteiger partial charge in [0.2, 0.25) is 10.0 Å². The second-order valence-corrected chi connectivity index (χ2v) is 6.39. The molecule has 0 saturated carbocycles. The first-order valence-corrected chi connectivity index (χ1v) is 6.41. The van der Waals surface area contributed by atoms with Crippen LogP contribution in [0.2, 0.25) is 0 Å². The van der Waals surface area contributed by atoms with Crippen LogP contribution in [0.25, 0.3) is 0 Å². The summed E-state index contributed by atoms with van der Waals surface area (Å²) in [6.07, 6.45) is 0. The molecule has 1 rings (SSSR count). The number of nitrogens with one attached hydrogen (secondary N) is 1. The van der Waals surface area contributed by atoms with E-state index in [0.717, 1.165) is 0 Å². The maximum absolute atomic E-state index is 13.7. The van der Waals surface area contributed by atoms with E-state index in [1.807, 2.05) is 0 Å². The van der Waals surface area contributed by atoms with Crippen LogP contribution in [-0.4, -0.2) is 14.0 Å². The molecule has 0 aromatic heterocycles. The molecule has 1 N–H and O–H groups in total. The summed E-state index contributed by atoms with van der Waals surface area (Å²) in [7, 11) is -3.80. The van der Waals surface area contributed by atoms with Gasteiger partial charge in [-0.2, -0.15) is 0 Å². The molecule has 16 heavy (non-hydrogen) atoms. The molecule has 90 valence electrons. The zero-order valence-electron chi connectivity index (χ0n) is 9.83. The first kappa shape index (κ1) is 13.1. The van der Waals surface area contributed by atoms with Gasteiger partial charge in [-0.05, 0) is 39.3 Å². The molecule has 0 aliphatic heterocycles. The van der Waals surface area contributed by atoms with E-state index in [1.54, 1.807) is 20.8 Å². The lowest BCUT2D eigenvalue weighted by atomic mass is 10.1. The third kappa shape index (κ3) is 3.02. The highest BCUT2D eigenvalue weighted by Gasteiger charge is 2.25. The van der Waals surface area contributed by atoms with Crippen molar-refractivity contribution in [2.24, 2.45) is 0 Å². The molecule has 0 heterocycles. The molecule has 0 spiro atoms. The Hall–Kier alpha value is -0.940. The highest BCUT2D eigenvalue weighted by atomic mass is 32.2. The standard InChI is InChI=1S/C11H16FNO2S/c1-8-6-5-7-9(10(8)12)16(14,15)13-11(2,3)4/h5-7,13H,1-4H3. The Labute approximate surface area is 95.7 Å². The lowest BCUT2D eigenvalue weighted by Gasteiger charge is -2.20. The van der Waals surface area contributed by atoms with Gasteiger partial charge in [0.25, 0.3) is 0 Å². The number of halogens is 1. The van der Waals surface area contributed by atoms with Crippen molar-refractivity contribution in [3.8, 4) is 0 Å². The fraction of sp³-hybridized carbons (Fsp3) is 0.455. The second kappa shape index (κ2) is 4.14. The van der Waals surface area contributed by atoms with Crippen LogP contribution in [0.1, 0.15) is 26.3 Å². The van der Waals surface area contributed by atoms with Crippen LogP contribution in [0.5, 0.6) is 0 Å². The van der Waals surface area contributed by atoms with E-state index in [1.165, 1.54) is 25.1 Å². The normalized spacial score (nSPS) is 12.8. The number of rotatable bonds is 2. The van der Waals surface area contributed by atoms with Crippen molar-refractivity contribution in [2.45, 2.75) is 38.1 Å². The molecule has 0 saturated heterocycles. The lowest BCUT2D eigenvalue weighted by Crippen LogP contribution is -2.40. The topological polar surface area (TPSA) is 46.2 Å². The first-order valence-electron chi connectivity index (χ1n) is 4.92. The minimum absolute atomic E-state index is 0.303. The molecule has 3 nitrogen and oxygen atoms in total. The third-order valence-electron chi connectivity index (χ3n) is 1.89. The Morgan fingerprint density at radius 1 is 1.25 bits per heavy atom. The summed E-state index contributed by atoms with van der Waals surface area (Å²) in [5, 5.41) is 0.